The molecule has 1 aromatic heterocycles. The Labute approximate surface area is 170 Å². The van der Waals surface area contributed by atoms with Gasteiger partial charge in [-0.1, -0.05) is 18.2 Å². The Morgan fingerprint density at radius 2 is 2.07 bits per heavy atom. The number of carbonyl (C=O) groups is 1. The van der Waals surface area contributed by atoms with E-state index in [4.69, 9.17) is 0 Å². The molecule has 0 saturated heterocycles. The molecule has 7 nitrogen and oxygen atoms in total. The number of allylic oxidation sites excluding steroid dienone is 1. The number of nitrogens with one attached hydrogen (secondary N) is 2. The molecule has 28 heavy (non-hydrogen) atoms. The van der Waals surface area contributed by atoms with Crippen LogP contribution in [0.25, 0.3) is 0 Å². The zero-order valence-electron chi connectivity index (χ0n) is 15.3. The predicted octanol–water partition coefficient (Wildman–Crippen LogP) is 3.98. The number of aryl methyl sites for hydroxylation is 1. The van der Waals surface area contributed by atoms with Gasteiger partial charge in [-0.15, -0.1) is 0 Å². The van der Waals surface area contributed by atoms with Gasteiger partial charge in [0.15, 0.2) is 0 Å². The molecule has 0 aliphatic carbocycles. The highest BCUT2D eigenvalue weighted by Gasteiger charge is 2.33. The van der Waals surface area contributed by atoms with E-state index in [1.165, 1.54) is 6.33 Å². The van der Waals surface area contributed by atoms with Crippen LogP contribution in [-0.4, -0.2) is 25.8 Å². The van der Waals surface area contributed by atoms with E-state index in [1.54, 1.807) is 22.9 Å². The molecule has 1 unspecified atom stereocenters. The highest BCUT2D eigenvalue weighted by Crippen LogP contribution is 2.37. The minimum Gasteiger partial charge on any atom is -0.507 e. The second-order valence-electron chi connectivity index (χ2n) is 6.63. The summed E-state index contributed by atoms with van der Waals surface area (Å²) in [4.78, 5) is 17.5. The molecule has 8 heteroatoms. The molecule has 0 fully saturated rings. The monoisotopic (exact) mass is 439 g/mol. The summed E-state index contributed by atoms with van der Waals surface area (Å²) in [5.74, 6) is 0.452. The summed E-state index contributed by atoms with van der Waals surface area (Å²) in [6, 6.07) is 12.3. The first kappa shape index (κ1) is 18.2. The van der Waals surface area contributed by atoms with Crippen molar-refractivity contribution in [2.75, 3.05) is 10.6 Å². The van der Waals surface area contributed by atoms with E-state index in [0.717, 1.165) is 16.8 Å². The average molecular weight is 440 g/mol. The van der Waals surface area contributed by atoms with Crippen molar-refractivity contribution in [2.24, 2.45) is 0 Å². The molecule has 4 rings (SSSR count). The number of aromatic nitrogens is 3. The Morgan fingerprint density at radius 3 is 2.82 bits per heavy atom. The molecule has 1 atom stereocenters. The van der Waals surface area contributed by atoms with Crippen molar-refractivity contribution in [1.29, 1.82) is 0 Å². The molecule has 1 amide bonds. The van der Waals surface area contributed by atoms with Crippen LogP contribution >= 0.6 is 15.9 Å². The molecule has 142 valence electrons. The molecule has 1 aliphatic rings. The van der Waals surface area contributed by atoms with Crippen LogP contribution in [0, 0.1) is 6.92 Å². The molecule has 0 saturated carbocycles. The normalized spacial score (nSPS) is 15.8. The molecule has 2 heterocycles. The van der Waals surface area contributed by atoms with Crippen LogP contribution in [0.15, 0.2) is 64.5 Å². The summed E-state index contributed by atoms with van der Waals surface area (Å²) in [5.41, 5.74) is 3.80. The van der Waals surface area contributed by atoms with Gasteiger partial charge in [-0.05, 0) is 65.2 Å². The Bertz CT molecular complexity index is 1110. The number of nitrogens with zero attached hydrogens (tertiary/aromatic N) is 3. The summed E-state index contributed by atoms with van der Waals surface area (Å²) in [6.45, 7) is 3.81. The van der Waals surface area contributed by atoms with E-state index in [0.29, 0.717) is 21.7 Å². The van der Waals surface area contributed by atoms with Crippen LogP contribution in [0.2, 0.25) is 0 Å². The second kappa shape index (κ2) is 7.12. The van der Waals surface area contributed by atoms with Crippen LogP contribution < -0.4 is 10.6 Å². The fraction of sp³-hybridized carbons (Fsp3) is 0.150. The lowest BCUT2D eigenvalue weighted by Crippen LogP contribution is -2.31. The number of aromatic hydroxyl groups is 1. The predicted molar refractivity (Wildman–Crippen MR) is 110 cm³/mol. The number of fused-ring (bicyclic) bond motifs is 1. The van der Waals surface area contributed by atoms with Crippen molar-refractivity contribution < 1.29 is 9.90 Å². The Balaban J connectivity index is 1.78. The largest absolute Gasteiger partial charge is 0.507 e. The first-order chi connectivity index (χ1) is 13.4. The molecular weight excluding hydrogens is 422 g/mol. The van der Waals surface area contributed by atoms with Crippen LogP contribution in [0.1, 0.15) is 24.1 Å². The first-order valence-electron chi connectivity index (χ1n) is 8.68. The fourth-order valence-electron chi connectivity index (χ4n) is 3.31. The van der Waals surface area contributed by atoms with Crippen molar-refractivity contribution in [3.8, 4) is 5.75 Å². The minimum atomic E-state index is -0.486. The lowest BCUT2D eigenvalue weighted by atomic mass is 9.95. The number of hydrogen-bond donors (Lipinski definition) is 3. The zero-order chi connectivity index (χ0) is 19.8. The second-order valence-corrected chi connectivity index (χ2v) is 7.48. The van der Waals surface area contributed by atoms with Gasteiger partial charge in [0.2, 0.25) is 5.95 Å². The van der Waals surface area contributed by atoms with Crippen molar-refractivity contribution in [3.05, 3.63) is 75.7 Å². The van der Waals surface area contributed by atoms with Crippen LogP contribution in [0.4, 0.5) is 11.6 Å². The van der Waals surface area contributed by atoms with Crippen molar-refractivity contribution >= 4 is 33.5 Å². The third-order valence-electron chi connectivity index (χ3n) is 4.60. The molecule has 3 aromatic rings. The van der Waals surface area contributed by atoms with Gasteiger partial charge in [-0.3, -0.25) is 4.79 Å². The lowest BCUT2D eigenvalue weighted by Gasteiger charge is -2.29. The number of carbonyl (C=O) groups excluding carboxylic acids is 1. The van der Waals surface area contributed by atoms with Gasteiger partial charge in [0.1, 0.15) is 18.1 Å². The van der Waals surface area contributed by atoms with E-state index in [9.17, 15) is 9.90 Å². The summed E-state index contributed by atoms with van der Waals surface area (Å²) >= 11 is 3.35. The Hall–Kier alpha value is -3.13. The minimum absolute atomic E-state index is 0.128. The number of benzene rings is 2. The summed E-state index contributed by atoms with van der Waals surface area (Å²) in [6.07, 6.45) is 1.44. The molecule has 0 radical (unpaired) electrons. The third kappa shape index (κ3) is 3.27. The van der Waals surface area contributed by atoms with Gasteiger partial charge in [0.05, 0.1) is 10.0 Å². The lowest BCUT2D eigenvalue weighted by molar-refractivity contribution is -0.113. The number of anilines is 2. The number of amides is 1. The maximum absolute atomic E-state index is 13.2. The van der Waals surface area contributed by atoms with Gasteiger partial charge in [-0.2, -0.15) is 10.1 Å². The number of hydrogen-bond acceptors (Lipinski definition) is 5. The average Bonchev–Trinajstić information content (AvgIpc) is 3.10. The van der Waals surface area contributed by atoms with E-state index < -0.39 is 6.04 Å². The zero-order valence-corrected chi connectivity index (χ0v) is 16.9. The van der Waals surface area contributed by atoms with Crippen molar-refractivity contribution in [2.45, 2.75) is 19.9 Å². The fourth-order valence-corrected chi connectivity index (χ4v) is 3.70. The van der Waals surface area contributed by atoms with E-state index >= 15 is 0 Å². The van der Waals surface area contributed by atoms with Gasteiger partial charge in [-0.25, -0.2) is 4.68 Å². The first-order valence-corrected chi connectivity index (χ1v) is 9.47. The van der Waals surface area contributed by atoms with E-state index in [1.807, 2.05) is 38.1 Å². The summed E-state index contributed by atoms with van der Waals surface area (Å²) in [7, 11) is 0. The molecule has 2 aromatic carbocycles. The number of rotatable bonds is 3. The molecule has 0 spiro atoms. The van der Waals surface area contributed by atoms with Gasteiger partial charge < -0.3 is 15.7 Å². The van der Waals surface area contributed by atoms with Crippen LogP contribution in [-0.2, 0) is 4.79 Å². The van der Waals surface area contributed by atoms with Crippen LogP contribution in [0.5, 0.6) is 5.75 Å². The molecule has 3 N–H and O–H groups in total. The van der Waals surface area contributed by atoms with Gasteiger partial charge in [0, 0.05) is 11.4 Å². The number of halogens is 1. The van der Waals surface area contributed by atoms with E-state index in [-0.39, 0.29) is 11.7 Å². The summed E-state index contributed by atoms with van der Waals surface area (Å²) < 4.78 is 2.21. The third-order valence-corrected chi connectivity index (χ3v) is 5.24. The SMILES string of the molecule is CC1=C(C(=O)Nc2cccc(C)c2)C(c2ccc(O)c(Br)c2)n2ncnc2N1. The van der Waals surface area contributed by atoms with Crippen molar-refractivity contribution in [1.82, 2.24) is 14.8 Å². The Kier molecular flexibility index (Phi) is 4.64. The van der Waals surface area contributed by atoms with Crippen LogP contribution in [0.3, 0.4) is 0 Å². The molecule has 1 aliphatic heterocycles. The maximum atomic E-state index is 13.2. The number of phenolic OH excluding ortho intramolecular Hbond substituents is 1. The Morgan fingerprint density at radius 1 is 1.25 bits per heavy atom. The standard InChI is InChI=1S/C20H18BrN5O2/c1-11-4-3-5-14(8-11)25-19(28)17-12(2)24-20-22-10-23-26(20)18(17)13-6-7-16(27)15(21)9-13/h3-10,18,27H,1-2H3,(H,25,28)(H,22,23,24). The van der Waals surface area contributed by atoms with Gasteiger partial charge in [0.25, 0.3) is 5.91 Å². The van der Waals surface area contributed by atoms with E-state index in [2.05, 4.69) is 36.6 Å². The molecular formula is C20H18BrN5O2. The quantitative estimate of drug-likeness (QED) is 0.573. The van der Waals surface area contributed by atoms with Crippen molar-refractivity contribution in [3.63, 3.8) is 0 Å². The topological polar surface area (TPSA) is 92.1 Å². The maximum Gasteiger partial charge on any atom is 0.255 e. The van der Waals surface area contributed by atoms with Gasteiger partial charge >= 0.3 is 0 Å². The molecule has 0 bridgehead atoms. The number of phenols is 1. The summed E-state index contributed by atoms with van der Waals surface area (Å²) in [5, 5.41) is 20.3. The smallest absolute Gasteiger partial charge is 0.255 e. The highest BCUT2D eigenvalue weighted by molar-refractivity contribution is 9.10. The highest BCUT2D eigenvalue weighted by atomic mass is 79.9.